The molecule has 1 aliphatic heterocycles. The van der Waals surface area contributed by atoms with Crippen LogP contribution in [0.1, 0.15) is 47.8 Å². The molecule has 1 aromatic rings. The van der Waals surface area contributed by atoms with Crippen LogP contribution in [0.4, 0.5) is 0 Å². The molecule has 0 bridgehead atoms. The molecule has 0 saturated carbocycles. The van der Waals surface area contributed by atoms with Crippen LogP contribution in [0.15, 0.2) is 0 Å². The Morgan fingerprint density at radius 1 is 1.39 bits per heavy atom. The Bertz CT molecular complexity index is 380. The fourth-order valence-electron chi connectivity index (χ4n) is 2.97. The highest BCUT2D eigenvalue weighted by Crippen LogP contribution is 2.32. The van der Waals surface area contributed by atoms with E-state index < -0.39 is 0 Å². The molecule has 3 nitrogen and oxygen atoms in total. The lowest BCUT2D eigenvalue weighted by atomic mass is 9.93. The standard InChI is InChI=1S/C14H25N3S/c1-10-14(18-12(3)16-10)11(2)17-8-5-13(4-7-15)6-9-17/h11,13H,4-9,15H2,1-3H3. The van der Waals surface area contributed by atoms with Gasteiger partial charge in [0.25, 0.3) is 0 Å². The van der Waals surface area contributed by atoms with Gasteiger partial charge >= 0.3 is 0 Å². The normalized spacial score (nSPS) is 20.2. The smallest absolute Gasteiger partial charge is 0.0900 e. The van der Waals surface area contributed by atoms with E-state index in [0.717, 1.165) is 12.5 Å². The van der Waals surface area contributed by atoms with Gasteiger partial charge in [0, 0.05) is 10.9 Å². The summed E-state index contributed by atoms with van der Waals surface area (Å²) < 4.78 is 0. The quantitative estimate of drug-likeness (QED) is 0.912. The van der Waals surface area contributed by atoms with Gasteiger partial charge in [-0.2, -0.15) is 0 Å². The van der Waals surface area contributed by atoms with Crippen molar-refractivity contribution >= 4 is 11.3 Å². The van der Waals surface area contributed by atoms with Crippen molar-refractivity contribution in [2.45, 2.75) is 46.1 Å². The van der Waals surface area contributed by atoms with E-state index >= 15 is 0 Å². The number of nitrogens with zero attached hydrogens (tertiary/aromatic N) is 2. The summed E-state index contributed by atoms with van der Waals surface area (Å²) in [5.41, 5.74) is 6.86. The Morgan fingerprint density at radius 2 is 2.06 bits per heavy atom. The molecule has 1 atom stereocenters. The number of nitrogens with two attached hydrogens (primary N) is 1. The molecule has 1 fully saturated rings. The van der Waals surface area contributed by atoms with Crippen molar-refractivity contribution < 1.29 is 0 Å². The second-order valence-corrected chi connectivity index (χ2v) is 6.65. The summed E-state index contributed by atoms with van der Waals surface area (Å²) >= 11 is 1.85. The fraction of sp³-hybridized carbons (Fsp3) is 0.786. The van der Waals surface area contributed by atoms with Gasteiger partial charge in [-0.05, 0) is 65.6 Å². The number of hydrogen-bond acceptors (Lipinski definition) is 4. The van der Waals surface area contributed by atoms with Crippen LogP contribution in [-0.4, -0.2) is 29.5 Å². The van der Waals surface area contributed by atoms with Crippen molar-refractivity contribution in [1.82, 2.24) is 9.88 Å². The molecule has 102 valence electrons. The minimum Gasteiger partial charge on any atom is -0.330 e. The Morgan fingerprint density at radius 3 is 2.56 bits per heavy atom. The van der Waals surface area contributed by atoms with E-state index in [9.17, 15) is 0 Å². The van der Waals surface area contributed by atoms with Crippen molar-refractivity contribution in [3.63, 3.8) is 0 Å². The monoisotopic (exact) mass is 267 g/mol. The average Bonchev–Trinajstić information content (AvgIpc) is 2.69. The molecule has 1 unspecified atom stereocenters. The molecule has 2 N–H and O–H groups in total. The lowest BCUT2D eigenvalue weighted by Crippen LogP contribution is -2.36. The van der Waals surface area contributed by atoms with Crippen LogP contribution in [0.2, 0.25) is 0 Å². The van der Waals surface area contributed by atoms with Crippen molar-refractivity contribution in [3.05, 3.63) is 15.6 Å². The summed E-state index contributed by atoms with van der Waals surface area (Å²) in [6.07, 6.45) is 3.80. The van der Waals surface area contributed by atoms with E-state index in [4.69, 9.17) is 5.73 Å². The topological polar surface area (TPSA) is 42.2 Å². The molecule has 0 spiro atoms. The molecular weight excluding hydrogens is 242 g/mol. The third kappa shape index (κ3) is 3.11. The van der Waals surface area contributed by atoms with Crippen LogP contribution < -0.4 is 5.73 Å². The first kappa shape index (κ1) is 14.0. The van der Waals surface area contributed by atoms with Gasteiger partial charge in [-0.1, -0.05) is 0 Å². The SMILES string of the molecule is Cc1nc(C)c(C(C)N2CCC(CCN)CC2)s1. The fourth-order valence-corrected chi connectivity index (χ4v) is 3.98. The van der Waals surface area contributed by atoms with Gasteiger partial charge < -0.3 is 5.73 Å². The summed E-state index contributed by atoms with van der Waals surface area (Å²) in [6, 6.07) is 0.523. The molecule has 0 aromatic carbocycles. The summed E-state index contributed by atoms with van der Waals surface area (Å²) in [5, 5.41) is 1.19. The molecule has 1 saturated heterocycles. The van der Waals surface area contributed by atoms with Crippen molar-refractivity contribution in [2.75, 3.05) is 19.6 Å². The third-order valence-electron chi connectivity index (χ3n) is 4.09. The van der Waals surface area contributed by atoms with Crippen LogP contribution in [0.5, 0.6) is 0 Å². The minimum absolute atomic E-state index is 0.523. The van der Waals surface area contributed by atoms with E-state index in [1.165, 1.54) is 47.9 Å². The van der Waals surface area contributed by atoms with Crippen LogP contribution in [-0.2, 0) is 0 Å². The number of aryl methyl sites for hydroxylation is 2. The average molecular weight is 267 g/mol. The molecule has 1 aliphatic rings. The maximum atomic E-state index is 5.65. The van der Waals surface area contributed by atoms with E-state index in [-0.39, 0.29) is 0 Å². The van der Waals surface area contributed by atoms with E-state index in [1.807, 2.05) is 11.3 Å². The number of aromatic nitrogens is 1. The van der Waals surface area contributed by atoms with Gasteiger partial charge in [0.05, 0.1) is 10.7 Å². The zero-order valence-corrected chi connectivity index (χ0v) is 12.6. The third-order valence-corrected chi connectivity index (χ3v) is 5.33. The zero-order valence-electron chi connectivity index (χ0n) is 11.8. The maximum absolute atomic E-state index is 5.65. The molecular formula is C14H25N3S. The Kier molecular flexibility index (Phi) is 4.76. The van der Waals surface area contributed by atoms with E-state index in [0.29, 0.717) is 6.04 Å². The number of thiazole rings is 1. The van der Waals surface area contributed by atoms with Crippen molar-refractivity contribution in [3.8, 4) is 0 Å². The molecule has 18 heavy (non-hydrogen) atoms. The predicted molar refractivity (Wildman–Crippen MR) is 78.0 cm³/mol. The molecule has 1 aromatic heterocycles. The summed E-state index contributed by atoms with van der Waals surface area (Å²) in [4.78, 5) is 8.60. The second kappa shape index (κ2) is 6.13. The van der Waals surface area contributed by atoms with Gasteiger partial charge in [0.2, 0.25) is 0 Å². The van der Waals surface area contributed by atoms with E-state index in [1.54, 1.807) is 0 Å². The van der Waals surface area contributed by atoms with E-state index in [2.05, 4.69) is 30.7 Å². The maximum Gasteiger partial charge on any atom is 0.0900 e. The number of piperidine rings is 1. The predicted octanol–water partition coefficient (Wildman–Crippen LogP) is 2.88. The summed E-state index contributed by atoms with van der Waals surface area (Å²) in [6.45, 7) is 9.82. The summed E-state index contributed by atoms with van der Waals surface area (Å²) in [5.74, 6) is 0.850. The van der Waals surface area contributed by atoms with Crippen molar-refractivity contribution in [1.29, 1.82) is 0 Å². The molecule has 0 aliphatic carbocycles. The lowest BCUT2D eigenvalue weighted by molar-refractivity contribution is 0.140. The largest absolute Gasteiger partial charge is 0.330 e. The number of likely N-dealkylation sites (tertiary alicyclic amines) is 1. The second-order valence-electron chi connectivity index (χ2n) is 5.42. The van der Waals surface area contributed by atoms with Crippen molar-refractivity contribution in [2.24, 2.45) is 11.7 Å². The van der Waals surface area contributed by atoms with Gasteiger partial charge in [-0.25, -0.2) is 4.98 Å². The number of rotatable bonds is 4. The highest BCUT2D eigenvalue weighted by Gasteiger charge is 2.25. The Balaban J connectivity index is 1.95. The highest BCUT2D eigenvalue weighted by atomic mass is 32.1. The van der Waals surface area contributed by atoms with Gasteiger partial charge in [0.1, 0.15) is 0 Å². The van der Waals surface area contributed by atoms with Crippen LogP contribution in [0.25, 0.3) is 0 Å². The Labute approximate surface area is 114 Å². The van der Waals surface area contributed by atoms with Crippen LogP contribution in [0, 0.1) is 19.8 Å². The summed E-state index contributed by atoms with van der Waals surface area (Å²) in [7, 11) is 0. The molecule has 0 radical (unpaired) electrons. The minimum atomic E-state index is 0.523. The van der Waals surface area contributed by atoms with Gasteiger partial charge in [-0.15, -0.1) is 11.3 Å². The molecule has 2 rings (SSSR count). The number of hydrogen-bond donors (Lipinski definition) is 1. The van der Waals surface area contributed by atoms with Crippen LogP contribution in [0.3, 0.4) is 0 Å². The first-order valence-corrected chi connectivity index (χ1v) is 7.81. The highest BCUT2D eigenvalue weighted by molar-refractivity contribution is 7.11. The van der Waals surface area contributed by atoms with Gasteiger partial charge in [-0.3, -0.25) is 4.90 Å². The molecule has 4 heteroatoms. The lowest BCUT2D eigenvalue weighted by Gasteiger charge is -2.35. The first-order valence-electron chi connectivity index (χ1n) is 7.00. The molecule has 0 amide bonds. The van der Waals surface area contributed by atoms with Gasteiger partial charge in [0.15, 0.2) is 0 Å². The first-order chi connectivity index (χ1) is 8.61. The zero-order chi connectivity index (χ0) is 13.1. The van der Waals surface area contributed by atoms with Crippen LogP contribution >= 0.6 is 11.3 Å². The Hall–Kier alpha value is -0.450. The molecule has 2 heterocycles.